The average Bonchev–Trinajstić information content (AvgIpc) is 3.45. The molecule has 1 fully saturated rings. The van der Waals surface area contributed by atoms with Gasteiger partial charge in [-0.05, 0) is 63.6 Å². The Labute approximate surface area is 199 Å². The van der Waals surface area contributed by atoms with Crippen LogP contribution in [-0.4, -0.2) is 37.8 Å². The number of hydrogen-bond donors (Lipinski definition) is 2. The summed E-state index contributed by atoms with van der Waals surface area (Å²) in [6.45, 7) is 8.47. The summed E-state index contributed by atoms with van der Waals surface area (Å²) in [5.74, 6) is 1.31. The third-order valence-electron chi connectivity index (χ3n) is 6.69. The molecule has 9 nitrogen and oxygen atoms in total. The molecule has 2 N–H and O–H groups in total. The van der Waals surface area contributed by atoms with Crippen LogP contribution in [0.5, 0.6) is 0 Å². The summed E-state index contributed by atoms with van der Waals surface area (Å²) in [4.78, 5) is 30.8. The predicted octanol–water partition coefficient (Wildman–Crippen LogP) is 4.13. The van der Waals surface area contributed by atoms with Crippen molar-refractivity contribution >= 4 is 17.6 Å². The first-order valence-electron chi connectivity index (χ1n) is 11.9. The molecule has 34 heavy (non-hydrogen) atoms. The fraction of sp³-hybridized carbons (Fsp3) is 0.480. The van der Waals surface area contributed by atoms with Crippen LogP contribution in [0.3, 0.4) is 0 Å². The number of anilines is 1. The van der Waals surface area contributed by atoms with Crippen LogP contribution in [0.1, 0.15) is 61.5 Å². The van der Waals surface area contributed by atoms with Gasteiger partial charge in [0.2, 0.25) is 5.91 Å². The molecule has 0 aliphatic heterocycles. The van der Waals surface area contributed by atoms with E-state index in [1.54, 1.807) is 29.2 Å². The zero-order valence-electron chi connectivity index (χ0n) is 20.2. The van der Waals surface area contributed by atoms with Crippen LogP contribution in [0.15, 0.2) is 35.1 Å². The minimum Gasteiger partial charge on any atom is -0.361 e. The van der Waals surface area contributed by atoms with Crippen LogP contribution in [0.2, 0.25) is 0 Å². The molecule has 1 atom stereocenters. The average molecular weight is 465 g/mol. The molecule has 2 amide bonds. The number of nitrogens with zero attached hydrogens (tertiary/aromatic N) is 4. The van der Waals surface area contributed by atoms with E-state index < -0.39 is 6.04 Å². The van der Waals surface area contributed by atoms with Gasteiger partial charge in [-0.15, -0.1) is 0 Å². The second kappa shape index (κ2) is 10.2. The Bertz CT molecular complexity index is 1120. The molecule has 1 saturated carbocycles. The Morgan fingerprint density at radius 2 is 1.94 bits per heavy atom. The monoisotopic (exact) mass is 464 g/mol. The van der Waals surface area contributed by atoms with E-state index in [1.165, 1.54) is 0 Å². The van der Waals surface area contributed by atoms with Gasteiger partial charge in [-0.2, -0.15) is 5.10 Å². The topological polar surface area (TPSA) is 115 Å². The summed E-state index contributed by atoms with van der Waals surface area (Å²) in [5.41, 5.74) is 3.01. The Morgan fingerprint density at radius 1 is 1.18 bits per heavy atom. The Hall–Kier alpha value is -3.49. The molecule has 3 heterocycles. The van der Waals surface area contributed by atoms with Crippen LogP contribution in [0, 0.1) is 25.7 Å². The van der Waals surface area contributed by atoms with E-state index in [2.05, 4.69) is 32.8 Å². The Balaban J connectivity index is 1.51. The Morgan fingerprint density at radius 3 is 2.56 bits per heavy atom. The van der Waals surface area contributed by atoms with Gasteiger partial charge in [-0.25, -0.2) is 4.98 Å². The van der Waals surface area contributed by atoms with Crippen molar-refractivity contribution in [3.8, 4) is 11.1 Å². The van der Waals surface area contributed by atoms with Crippen LogP contribution in [0.4, 0.5) is 5.82 Å². The van der Waals surface area contributed by atoms with Gasteiger partial charge < -0.3 is 15.2 Å². The van der Waals surface area contributed by atoms with Crippen LogP contribution in [0.25, 0.3) is 11.1 Å². The number of rotatable bonds is 7. The summed E-state index contributed by atoms with van der Waals surface area (Å²) in [5, 5.41) is 14.1. The maximum atomic E-state index is 13.4. The molecule has 0 aromatic carbocycles. The number of aryl methyl sites for hydroxylation is 3. The second-order valence-corrected chi connectivity index (χ2v) is 9.12. The van der Waals surface area contributed by atoms with Crippen molar-refractivity contribution in [2.24, 2.45) is 11.8 Å². The van der Waals surface area contributed by atoms with Crippen molar-refractivity contribution in [3.63, 3.8) is 0 Å². The minimum absolute atomic E-state index is 0.0692. The van der Waals surface area contributed by atoms with E-state index in [0.717, 1.165) is 48.3 Å². The predicted molar refractivity (Wildman–Crippen MR) is 128 cm³/mol. The van der Waals surface area contributed by atoms with E-state index in [-0.39, 0.29) is 17.7 Å². The summed E-state index contributed by atoms with van der Waals surface area (Å²) < 4.78 is 6.87. The van der Waals surface area contributed by atoms with Crippen molar-refractivity contribution in [1.82, 2.24) is 25.2 Å². The zero-order valence-corrected chi connectivity index (χ0v) is 20.2. The number of carbonyl (C=O) groups is 2. The van der Waals surface area contributed by atoms with Crippen molar-refractivity contribution < 1.29 is 14.1 Å². The summed E-state index contributed by atoms with van der Waals surface area (Å²) >= 11 is 0. The van der Waals surface area contributed by atoms with Gasteiger partial charge in [-0.3, -0.25) is 14.3 Å². The van der Waals surface area contributed by atoms with Gasteiger partial charge in [0.15, 0.2) is 0 Å². The molecule has 0 bridgehead atoms. The lowest BCUT2D eigenvalue weighted by Crippen LogP contribution is -2.49. The lowest BCUT2D eigenvalue weighted by molar-refractivity contribution is -0.119. The number of carbonyl (C=O) groups excluding carboxylic acids is 2. The van der Waals surface area contributed by atoms with Crippen LogP contribution < -0.4 is 10.6 Å². The summed E-state index contributed by atoms with van der Waals surface area (Å²) in [6.07, 6.45) is 7.16. The molecule has 3 aromatic rings. The SMILES string of the molecule is CCn1nccc1C(=O)N[C@H](C(=O)Nc1ccc(-c2c(C)noc2C)cn1)C1CCC(C)CC1. The van der Waals surface area contributed by atoms with E-state index in [1.807, 2.05) is 26.8 Å². The van der Waals surface area contributed by atoms with Gasteiger partial charge in [0.25, 0.3) is 5.91 Å². The third-order valence-corrected chi connectivity index (χ3v) is 6.69. The van der Waals surface area contributed by atoms with Crippen molar-refractivity contribution in [1.29, 1.82) is 0 Å². The highest BCUT2D eigenvalue weighted by molar-refractivity contribution is 6.00. The minimum atomic E-state index is -0.649. The van der Waals surface area contributed by atoms with Crippen molar-refractivity contribution in [2.45, 2.75) is 66.0 Å². The largest absolute Gasteiger partial charge is 0.361 e. The number of hydrogen-bond acceptors (Lipinski definition) is 6. The lowest BCUT2D eigenvalue weighted by Gasteiger charge is -2.32. The van der Waals surface area contributed by atoms with E-state index in [9.17, 15) is 9.59 Å². The first-order chi connectivity index (χ1) is 16.4. The molecule has 0 radical (unpaired) electrons. The summed E-state index contributed by atoms with van der Waals surface area (Å²) in [7, 11) is 0. The van der Waals surface area contributed by atoms with E-state index in [4.69, 9.17) is 4.52 Å². The highest BCUT2D eigenvalue weighted by atomic mass is 16.5. The highest BCUT2D eigenvalue weighted by Crippen LogP contribution is 2.31. The molecule has 180 valence electrons. The van der Waals surface area contributed by atoms with Crippen LogP contribution >= 0.6 is 0 Å². The maximum Gasteiger partial charge on any atom is 0.270 e. The number of nitrogens with one attached hydrogen (secondary N) is 2. The number of aromatic nitrogens is 4. The third kappa shape index (κ3) is 5.03. The van der Waals surface area contributed by atoms with Crippen molar-refractivity contribution in [3.05, 3.63) is 47.7 Å². The second-order valence-electron chi connectivity index (χ2n) is 9.12. The molecule has 3 aromatic heterocycles. The molecule has 0 spiro atoms. The first kappa shape index (κ1) is 23.7. The van der Waals surface area contributed by atoms with Gasteiger partial charge in [0.1, 0.15) is 23.3 Å². The van der Waals surface area contributed by atoms with Crippen molar-refractivity contribution in [2.75, 3.05) is 5.32 Å². The normalized spacial score (nSPS) is 18.9. The molecule has 0 saturated heterocycles. The standard InChI is InChI=1S/C25H32N6O3/c1-5-31-20(12-13-27-31)24(32)29-23(18-8-6-15(2)7-9-18)25(33)28-21-11-10-19(14-26-21)22-16(3)30-34-17(22)4/h10-15,18,23H,5-9H2,1-4H3,(H,29,32)(H,26,28,33)/t15?,18?,23-/m0/s1. The van der Waals surface area contributed by atoms with Gasteiger partial charge >= 0.3 is 0 Å². The molecule has 9 heteroatoms. The van der Waals surface area contributed by atoms with Crippen LogP contribution in [-0.2, 0) is 11.3 Å². The molecule has 4 rings (SSSR count). The smallest absolute Gasteiger partial charge is 0.270 e. The molecule has 1 aliphatic rings. The first-order valence-corrected chi connectivity index (χ1v) is 11.9. The van der Waals surface area contributed by atoms with Gasteiger partial charge in [0, 0.05) is 30.1 Å². The Kier molecular flexibility index (Phi) is 7.09. The quantitative estimate of drug-likeness (QED) is 0.543. The molecule has 0 unspecified atom stereocenters. The molecular formula is C25H32N6O3. The molecular weight excluding hydrogens is 432 g/mol. The number of amides is 2. The fourth-order valence-corrected chi connectivity index (χ4v) is 4.72. The van der Waals surface area contributed by atoms with E-state index in [0.29, 0.717) is 24.0 Å². The maximum absolute atomic E-state index is 13.4. The highest BCUT2D eigenvalue weighted by Gasteiger charge is 2.33. The van der Waals surface area contributed by atoms with Gasteiger partial charge in [-0.1, -0.05) is 24.9 Å². The lowest BCUT2D eigenvalue weighted by atomic mass is 9.79. The zero-order chi connectivity index (χ0) is 24.2. The van der Waals surface area contributed by atoms with E-state index >= 15 is 0 Å². The summed E-state index contributed by atoms with van der Waals surface area (Å²) in [6, 6.07) is 4.66. The fourth-order valence-electron chi connectivity index (χ4n) is 4.72. The number of pyridine rings is 1. The molecule has 1 aliphatic carbocycles. The van der Waals surface area contributed by atoms with Gasteiger partial charge in [0.05, 0.1) is 5.69 Å².